The van der Waals surface area contributed by atoms with Gasteiger partial charge in [-0.2, -0.15) is 0 Å². The molecule has 0 unspecified atom stereocenters. The molecule has 5 heteroatoms. The summed E-state index contributed by atoms with van der Waals surface area (Å²) in [4.78, 5) is 15.7. The lowest BCUT2D eigenvalue weighted by Gasteiger charge is -2.06. The minimum absolute atomic E-state index is 0.173. The molecular formula is C14H15N3OS. The van der Waals surface area contributed by atoms with Crippen molar-refractivity contribution < 1.29 is 4.79 Å². The largest absolute Gasteiger partial charge is 0.384 e. The smallest absolute Gasteiger partial charge is 0.251 e. The van der Waals surface area contributed by atoms with Crippen LogP contribution in [0.15, 0.2) is 53.7 Å². The van der Waals surface area contributed by atoms with Crippen molar-refractivity contribution in [3.8, 4) is 0 Å². The predicted octanol–water partition coefficient (Wildman–Crippen LogP) is 2.78. The Labute approximate surface area is 116 Å². The maximum Gasteiger partial charge on any atom is 0.251 e. The van der Waals surface area contributed by atoms with Gasteiger partial charge in [-0.05, 0) is 12.5 Å². The standard InChI is InChI=1S/C14H15N3OS/c1-11(16-10-12-5-3-2-4-6-12)9-13(18)17-14-15-7-8-19-14/h2-9,16H,10H2,1H3,(H,15,17,18)/b11-9+. The highest BCUT2D eigenvalue weighted by atomic mass is 32.1. The van der Waals surface area contributed by atoms with Crippen LogP contribution in [0.2, 0.25) is 0 Å². The number of nitrogens with one attached hydrogen (secondary N) is 2. The lowest BCUT2D eigenvalue weighted by atomic mass is 10.2. The number of benzene rings is 1. The number of nitrogens with zero attached hydrogens (tertiary/aromatic N) is 1. The highest BCUT2D eigenvalue weighted by Crippen LogP contribution is 2.10. The molecule has 0 fully saturated rings. The van der Waals surface area contributed by atoms with E-state index in [1.54, 1.807) is 6.20 Å². The van der Waals surface area contributed by atoms with Crippen molar-refractivity contribution >= 4 is 22.4 Å². The molecule has 0 atom stereocenters. The molecule has 0 saturated carbocycles. The minimum atomic E-state index is -0.173. The van der Waals surface area contributed by atoms with Gasteiger partial charge < -0.3 is 5.32 Å². The summed E-state index contributed by atoms with van der Waals surface area (Å²) >= 11 is 1.40. The average molecular weight is 273 g/mol. The molecule has 0 aliphatic rings. The Kier molecular flexibility index (Phi) is 4.69. The summed E-state index contributed by atoms with van der Waals surface area (Å²) in [5, 5.41) is 8.32. The number of hydrogen-bond donors (Lipinski definition) is 2. The van der Waals surface area contributed by atoms with Crippen LogP contribution < -0.4 is 10.6 Å². The summed E-state index contributed by atoms with van der Waals surface area (Å²) in [6, 6.07) is 10.0. The van der Waals surface area contributed by atoms with E-state index in [9.17, 15) is 4.79 Å². The van der Waals surface area contributed by atoms with Gasteiger partial charge in [0.15, 0.2) is 5.13 Å². The number of aromatic nitrogens is 1. The summed E-state index contributed by atoms with van der Waals surface area (Å²) in [6.45, 7) is 2.57. The number of anilines is 1. The fourth-order valence-corrected chi connectivity index (χ4v) is 2.04. The van der Waals surface area contributed by atoms with Crippen molar-refractivity contribution in [3.05, 3.63) is 59.2 Å². The Morgan fingerprint density at radius 1 is 1.37 bits per heavy atom. The lowest BCUT2D eigenvalue weighted by Crippen LogP contribution is -2.15. The number of thiazole rings is 1. The van der Waals surface area contributed by atoms with Crippen LogP contribution in [0.25, 0.3) is 0 Å². The van der Waals surface area contributed by atoms with Crippen LogP contribution in [0.1, 0.15) is 12.5 Å². The van der Waals surface area contributed by atoms with Crippen molar-refractivity contribution in [1.29, 1.82) is 0 Å². The second-order valence-corrected chi connectivity index (χ2v) is 4.89. The van der Waals surface area contributed by atoms with Crippen molar-refractivity contribution in [1.82, 2.24) is 10.3 Å². The zero-order valence-corrected chi connectivity index (χ0v) is 11.4. The third-order valence-corrected chi connectivity index (χ3v) is 3.11. The van der Waals surface area contributed by atoms with Crippen LogP contribution in [0.4, 0.5) is 5.13 Å². The highest BCUT2D eigenvalue weighted by molar-refractivity contribution is 7.13. The van der Waals surface area contributed by atoms with Gasteiger partial charge in [0.1, 0.15) is 0 Å². The van der Waals surface area contributed by atoms with Gasteiger partial charge in [-0.25, -0.2) is 4.98 Å². The van der Waals surface area contributed by atoms with E-state index in [0.717, 1.165) is 5.70 Å². The van der Waals surface area contributed by atoms with Crippen LogP contribution in [-0.4, -0.2) is 10.9 Å². The molecule has 4 nitrogen and oxygen atoms in total. The highest BCUT2D eigenvalue weighted by Gasteiger charge is 2.01. The summed E-state index contributed by atoms with van der Waals surface area (Å²) in [5.74, 6) is -0.173. The van der Waals surface area contributed by atoms with Gasteiger partial charge in [0.05, 0.1) is 0 Å². The van der Waals surface area contributed by atoms with Crippen molar-refractivity contribution in [2.24, 2.45) is 0 Å². The first kappa shape index (κ1) is 13.3. The second kappa shape index (κ2) is 6.70. The minimum Gasteiger partial charge on any atom is -0.384 e. The van der Waals surface area contributed by atoms with Crippen LogP contribution in [-0.2, 0) is 11.3 Å². The Morgan fingerprint density at radius 2 is 2.16 bits per heavy atom. The molecule has 0 aliphatic carbocycles. The molecule has 1 heterocycles. The first-order chi connectivity index (χ1) is 9.24. The van der Waals surface area contributed by atoms with Crippen LogP contribution in [0.5, 0.6) is 0 Å². The molecule has 19 heavy (non-hydrogen) atoms. The molecular weight excluding hydrogens is 258 g/mol. The Morgan fingerprint density at radius 3 is 2.84 bits per heavy atom. The van der Waals surface area contributed by atoms with E-state index < -0.39 is 0 Å². The number of allylic oxidation sites excluding steroid dienone is 1. The predicted molar refractivity (Wildman–Crippen MR) is 77.8 cm³/mol. The first-order valence-corrected chi connectivity index (χ1v) is 6.78. The third-order valence-electron chi connectivity index (χ3n) is 2.42. The molecule has 0 radical (unpaired) electrons. The van der Waals surface area contributed by atoms with Gasteiger partial charge in [-0.15, -0.1) is 11.3 Å². The fourth-order valence-electron chi connectivity index (χ4n) is 1.51. The van der Waals surface area contributed by atoms with E-state index in [0.29, 0.717) is 11.7 Å². The summed E-state index contributed by atoms with van der Waals surface area (Å²) < 4.78 is 0. The van der Waals surface area contributed by atoms with Crippen LogP contribution >= 0.6 is 11.3 Å². The van der Waals surface area contributed by atoms with E-state index in [1.165, 1.54) is 23.0 Å². The molecule has 2 rings (SSSR count). The first-order valence-electron chi connectivity index (χ1n) is 5.90. The number of amides is 1. The van der Waals surface area contributed by atoms with Gasteiger partial charge >= 0.3 is 0 Å². The molecule has 2 N–H and O–H groups in total. The van der Waals surface area contributed by atoms with Crippen LogP contribution in [0.3, 0.4) is 0 Å². The van der Waals surface area contributed by atoms with Gasteiger partial charge in [-0.3, -0.25) is 10.1 Å². The van der Waals surface area contributed by atoms with Crippen LogP contribution in [0, 0.1) is 0 Å². The van der Waals surface area contributed by atoms with Gasteiger partial charge in [0, 0.05) is 29.9 Å². The number of hydrogen-bond acceptors (Lipinski definition) is 4. The molecule has 0 saturated heterocycles. The maximum atomic E-state index is 11.7. The van der Waals surface area contributed by atoms with Crippen molar-refractivity contribution in [3.63, 3.8) is 0 Å². The zero-order valence-electron chi connectivity index (χ0n) is 10.6. The Bertz CT molecular complexity index is 549. The van der Waals surface area contributed by atoms with E-state index in [-0.39, 0.29) is 5.91 Å². The Hall–Kier alpha value is -2.14. The summed E-state index contributed by atoms with van der Waals surface area (Å²) in [7, 11) is 0. The topological polar surface area (TPSA) is 54.0 Å². The molecule has 0 bridgehead atoms. The number of carbonyl (C=O) groups excluding carboxylic acids is 1. The molecule has 0 aliphatic heterocycles. The third kappa shape index (κ3) is 4.56. The average Bonchev–Trinajstić information content (AvgIpc) is 2.90. The lowest BCUT2D eigenvalue weighted by molar-refractivity contribution is -0.112. The molecule has 98 valence electrons. The molecule has 1 aromatic heterocycles. The SMILES string of the molecule is C/C(=C\C(=O)Nc1nccs1)NCc1ccccc1. The summed E-state index contributed by atoms with van der Waals surface area (Å²) in [5.41, 5.74) is 1.99. The summed E-state index contributed by atoms with van der Waals surface area (Å²) in [6.07, 6.45) is 3.19. The molecule has 1 amide bonds. The number of carbonyl (C=O) groups is 1. The normalized spacial score (nSPS) is 11.1. The van der Waals surface area contributed by atoms with E-state index in [4.69, 9.17) is 0 Å². The number of rotatable bonds is 5. The monoisotopic (exact) mass is 273 g/mol. The second-order valence-electron chi connectivity index (χ2n) is 3.99. The van der Waals surface area contributed by atoms with E-state index >= 15 is 0 Å². The fraction of sp³-hybridized carbons (Fsp3) is 0.143. The van der Waals surface area contributed by atoms with Crippen molar-refractivity contribution in [2.45, 2.75) is 13.5 Å². The van der Waals surface area contributed by atoms with Gasteiger partial charge in [0.2, 0.25) is 0 Å². The van der Waals surface area contributed by atoms with Crippen molar-refractivity contribution in [2.75, 3.05) is 5.32 Å². The van der Waals surface area contributed by atoms with E-state index in [2.05, 4.69) is 15.6 Å². The Balaban J connectivity index is 1.83. The quantitative estimate of drug-likeness (QED) is 0.824. The molecule has 2 aromatic rings. The van der Waals surface area contributed by atoms with Gasteiger partial charge in [-0.1, -0.05) is 30.3 Å². The molecule has 0 spiro atoms. The van der Waals surface area contributed by atoms with Gasteiger partial charge in [0.25, 0.3) is 5.91 Å². The maximum absolute atomic E-state index is 11.7. The molecule has 1 aromatic carbocycles. The zero-order chi connectivity index (χ0) is 13.5. The van der Waals surface area contributed by atoms with E-state index in [1.807, 2.05) is 42.6 Å².